The number of nitrogens with one attached hydrogen (secondary N) is 1. The van der Waals surface area contributed by atoms with E-state index in [4.69, 9.17) is 11.6 Å². The molecule has 0 spiro atoms. The number of carbonyl (C=O) groups is 1. The van der Waals surface area contributed by atoms with Gasteiger partial charge >= 0.3 is 0 Å². The lowest BCUT2D eigenvalue weighted by Crippen LogP contribution is -2.53. The Kier molecular flexibility index (Phi) is 4.60. The van der Waals surface area contributed by atoms with Crippen molar-refractivity contribution in [3.05, 3.63) is 28.8 Å². The summed E-state index contributed by atoms with van der Waals surface area (Å²) in [7, 11) is 0. The predicted octanol–water partition coefficient (Wildman–Crippen LogP) is 2.55. The first-order valence-electron chi connectivity index (χ1n) is 6.70. The highest BCUT2D eigenvalue weighted by Gasteiger charge is 2.35. The molecule has 110 valence electrons. The maximum Gasteiger partial charge on any atom is 0.255 e. The van der Waals surface area contributed by atoms with E-state index in [9.17, 15) is 14.3 Å². The van der Waals surface area contributed by atoms with Gasteiger partial charge in [-0.05, 0) is 37.7 Å². The van der Waals surface area contributed by atoms with Gasteiger partial charge in [0.05, 0.1) is 23.9 Å². The largest absolute Gasteiger partial charge is 0.394 e. The van der Waals surface area contributed by atoms with Crippen molar-refractivity contribution < 1.29 is 14.3 Å². The lowest BCUT2D eigenvalue weighted by Gasteiger charge is -2.38. The zero-order valence-electron chi connectivity index (χ0n) is 11.3. The lowest BCUT2D eigenvalue weighted by atomic mass is 9.77. The Morgan fingerprint density at radius 2 is 2.25 bits per heavy atom. The number of nitrogens with zero attached hydrogens (tertiary/aromatic N) is 1. The van der Waals surface area contributed by atoms with Crippen LogP contribution in [0, 0.1) is 11.7 Å². The van der Waals surface area contributed by atoms with E-state index < -0.39 is 17.3 Å². The van der Waals surface area contributed by atoms with Gasteiger partial charge in [-0.3, -0.25) is 4.79 Å². The highest BCUT2D eigenvalue weighted by Crippen LogP contribution is 2.32. The van der Waals surface area contributed by atoms with Crippen molar-refractivity contribution in [3.63, 3.8) is 0 Å². The fraction of sp³-hybridized carbons (Fsp3) is 0.571. The van der Waals surface area contributed by atoms with Crippen molar-refractivity contribution in [2.75, 3.05) is 6.61 Å². The Morgan fingerprint density at radius 3 is 2.85 bits per heavy atom. The van der Waals surface area contributed by atoms with Gasteiger partial charge in [-0.25, -0.2) is 9.37 Å². The van der Waals surface area contributed by atoms with Crippen molar-refractivity contribution in [1.82, 2.24) is 10.3 Å². The normalized spacial score (nSPS) is 26.3. The molecule has 1 amide bonds. The van der Waals surface area contributed by atoms with E-state index in [0.717, 1.165) is 25.1 Å². The molecule has 2 rings (SSSR count). The third-order valence-electron chi connectivity index (χ3n) is 3.96. The zero-order chi connectivity index (χ0) is 14.8. The number of halogens is 2. The summed E-state index contributed by atoms with van der Waals surface area (Å²) in [5, 5.41) is 12.4. The third kappa shape index (κ3) is 3.27. The maximum absolute atomic E-state index is 13.2. The summed E-state index contributed by atoms with van der Waals surface area (Å²) in [6.07, 6.45) is 4.25. The molecule has 0 aromatic carbocycles. The fourth-order valence-electron chi connectivity index (χ4n) is 2.53. The van der Waals surface area contributed by atoms with Gasteiger partial charge in [-0.1, -0.05) is 18.5 Å². The van der Waals surface area contributed by atoms with Crippen LogP contribution in [0.5, 0.6) is 0 Å². The van der Waals surface area contributed by atoms with Gasteiger partial charge in [0.1, 0.15) is 11.0 Å². The molecule has 0 aliphatic heterocycles. The fourth-order valence-corrected chi connectivity index (χ4v) is 2.72. The van der Waals surface area contributed by atoms with Crippen molar-refractivity contribution in [1.29, 1.82) is 0 Å². The molecule has 20 heavy (non-hydrogen) atoms. The van der Waals surface area contributed by atoms with Gasteiger partial charge in [0.15, 0.2) is 0 Å². The molecule has 6 heteroatoms. The van der Waals surface area contributed by atoms with Crippen molar-refractivity contribution in [2.45, 2.75) is 38.1 Å². The number of hydrogen-bond acceptors (Lipinski definition) is 3. The highest BCUT2D eigenvalue weighted by atomic mass is 35.5. The van der Waals surface area contributed by atoms with Crippen LogP contribution in [0.15, 0.2) is 12.3 Å². The summed E-state index contributed by atoms with van der Waals surface area (Å²) in [5.41, 5.74) is -0.641. The van der Waals surface area contributed by atoms with Crippen LogP contribution in [0.3, 0.4) is 0 Å². The lowest BCUT2D eigenvalue weighted by molar-refractivity contribution is 0.0716. The molecule has 0 saturated heterocycles. The van der Waals surface area contributed by atoms with Crippen LogP contribution in [0.4, 0.5) is 4.39 Å². The molecule has 4 nitrogen and oxygen atoms in total. The standard InChI is InChI=1S/C14H18ClFN2O2/c1-9-2-4-14(8-19,5-3-9)18-13(20)11-6-10(16)7-17-12(11)15/h6-7,9,19H,2-5,8H2,1H3,(H,18,20). The van der Waals surface area contributed by atoms with Gasteiger partial charge in [-0.15, -0.1) is 0 Å². The summed E-state index contributed by atoms with van der Waals surface area (Å²) in [4.78, 5) is 15.8. The minimum Gasteiger partial charge on any atom is -0.394 e. The number of aromatic nitrogens is 1. The van der Waals surface area contributed by atoms with Gasteiger partial charge in [-0.2, -0.15) is 0 Å². The monoisotopic (exact) mass is 300 g/mol. The van der Waals surface area contributed by atoms with Crippen molar-refractivity contribution in [3.8, 4) is 0 Å². The molecule has 1 heterocycles. The van der Waals surface area contributed by atoms with Crippen LogP contribution in [0.1, 0.15) is 43.0 Å². The van der Waals surface area contributed by atoms with E-state index in [2.05, 4.69) is 17.2 Å². The van der Waals surface area contributed by atoms with Crippen LogP contribution in [0.2, 0.25) is 5.15 Å². The average molecular weight is 301 g/mol. The summed E-state index contributed by atoms with van der Waals surface area (Å²) in [5.74, 6) is -0.522. The van der Waals surface area contributed by atoms with Crippen LogP contribution in [0.25, 0.3) is 0 Å². The number of rotatable bonds is 3. The molecule has 1 aromatic rings. The third-order valence-corrected chi connectivity index (χ3v) is 4.26. The molecule has 1 fully saturated rings. The number of aliphatic hydroxyl groups is 1. The maximum atomic E-state index is 13.2. The van der Waals surface area contributed by atoms with Crippen molar-refractivity contribution in [2.24, 2.45) is 5.92 Å². The zero-order valence-corrected chi connectivity index (χ0v) is 12.1. The average Bonchev–Trinajstić information content (AvgIpc) is 2.44. The second kappa shape index (κ2) is 6.06. The first-order valence-corrected chi connectivity index (χ1v) is 7.08. The van der Waals surface area contributed by atoms with Crippen LogP contribution < -0.4 is 5.32 Å². The number of pyridine rings is 1. The molecular formula is C14H18ClFN2O2. The van der Waals surface area contributed by atoms with Crippen LogP contribution in [-0.4, -0.2) is 28.1 Å². The van der Waals surface area contributed by atoms with E-state index in [0.29, 0.717) is 18.8 Å². The predicted molar refractivity (Wildman–Crippen MR) is 74.1 cm³/mol. The quantitative estimate of drug-likeness (QED) is 0.843. The molecule has 0 atom stereocenters. The Hall–Kier alpha value is -1.20. The molecule has 1 aliphatic rings. The molecule has 1 aromatic heterocycles. The highest BCUT2D eigenvalue weighted by molar-refractivity contribution is 6.32. The number of carbonyl (C=O) groups excluding carboxylic acids is 1. The van der Waals surface area contributed by atoms with Crippen molar-refractivity contribution >= 4 is 17.5 Å². The summed E-state index contributed by atoms with van der Waals surface area (Å²) < 4.78 is 13.2. The topological polar surface area (TPSA) is 62.2 Å². The van der Waals surface area contributed by atoms with Gasteiger partial charge in [0.2, 0.25) is 0 Å². The molecule has 1 saturated carbocycles. The van der Waals surface area contributed by atoms with Gasteiger partial charge in [0.25, 0.3) is 5.91 Å². The molecular weight excluding hydrogens is 283 g/mol. The molecule has 1 aliphatic carbocycles. The Balaban J connectivity index is 2.15. The second-order valence-corrected chi connectivity index (χ2v) is 5.93. The molecule has 0 bridgehead atoms. The minimum atomic E-state index is -0.640. The number of amides is 1. The summed E-state index contributed by atoms with van der Waals surface area (Å²) in [6, 6.07) is 1.06. The van der Waals surface area contributed by atoms with Gasteiger partial charge < -0.3 is 10.4 Å². The van der Waals surface area contributed by atoms with Gasteiger partial charge in [0, 0.05) is 0 Å². The minimum absolute atomic E-state index is 0.00175. The van der Waals surface area contributed by atoms with E-state index >= 15 is 0 Å². The Bertz CT molecular complexity index is 502. The Morgan fingerprint density at radius 1 is 1.60 bits per heavy atom. The molecule has 2 N–H and O–H groups in total. The second-order valence-electron chi connectivity index (χ2n) is 5.57. The SMILES string of the molecule is CC1CCC(CO)(NC(=O)c2cc(F)cnc2Cl)CC1. The van der Waals surface area contributed by atoms with E-state index in [1.807, 2.05) is 0 Å². The van der Waals surface area contributed by atoms with Crippen LogP contribution in [-0.2, 0) is 0 Å². The van der Waals surface area contributed by atoms with E-state index in [1.54, 1.807) is 0 Å². The summed E-state index contributed by atoms with van der Waals surface area (Å²) >= 11 is 5.82. The first kappa shape index (κ1) is 15.2. The molecule has 0 radical (unpaired) electrons. The first-order chi connectivity index (χ1) is 9.46. The van der Waals surface area contributed by atoms with E-state index in [1.165, 1.54) is 0 Å². The molecule has 0 unspecified atom stereocenters. The smallest absolute Gasteiger partial charge is 0.255 e. The number of hydrogen-bond donors (Lipinski definition) is 2. The number of aliphatic hydroxyl groups excluding tert-OH is 1. The van der Waals surface area contributed by atoms with Crippen LogP contribution >= 0.6 is 11.6 Å². The van der Waals surface area contributed by atoms with E-state index in [-0.39, 0.29) is 17.3 Å². The Labute approximate surface area is 122 Å². The summed E-state index contributed by atoms with van der Waals surface area (Å²) in [6.45, 7) is 2.02.